The highest BCUT2D eigenvalue weighted by atomic mass is 16.5. The van der Waals surface area contributed by atoms with Crippen LogP contribution >= 0.6 is 0 Å². The molecular formula is C29H37N3O3. The van der Waals surface area contributed by atoms with E-state index in [4.69, 9.17) is 4.74 Å². The van der Waals surface area contributed by atoms with Gasteiger partial charge in [0, 0.05) is 44.2 Å². The summed E-state index contributed by atoms with van der Waals surface area (Å²) in [6, 6.07) is 21.8. The highest BCUT2D eigenvalue weighted by Crippen LogP contribution is 2.15. The van der Waals surface area contributed by atoms with Gasteiger partial charge in [0.1, 0.15) is 6.54 Å². The summed E-state index contributed by atoms with van der Waals surface area (Å²) in [6.45, 7) is 8.67. The molecule has 6 nitrogen and oxygen atoms in total. The number of nitrogens with zero attached hydrogens (tertiary/aromatic N) is 3. The molecule has 0 aliphatic rings. The zero-order valence-electron chi connectivity index (χ0n) is 21.3. The molecule has 1 aromatic heterocycles. The van der Waals surface area contributed by atoms with Crippen LogP contribution < -0.4 is 0 Å². The van der Waals surface area contributed by atoms with Crippen LogP contribution in [0.25, 0.3) is 0 Å². The van der Waals surface area contributed by atoms with Gasteiger partial charge >= 0.3 is 0 Å². The quantitative estimate of drug-likeness (QED) is 0.384. The van der Waals surface area contributed by atoms with Crippen LogP contribution in [-0.2, 0) is 22.6 Å². The molecule has 0 fully saturated rings. The summed E-state index contributed by atoms with van der Waals surface area (Å²) in [7, 11) is 1.63. The van der Waals surface area contributed by atoms with E-state index < -0.39 is 0 Å². The molecule has 0 bridgehead atoms. The normalized spacial score (nSPS) is 11.0. The van der Waals surface area contributed by atoms with Crippen LogP contribution in [0.1, 0.15) is 41.0 Å². The average molecular weight is 476 g/mol. The molecule has 1 heterocycles. The van der Waals surface area contributed by atoms with Crippen molar-refractivity contribution in [2.24, 2.45) is 5.92 Å². The van der Waals surface area contributed by atoms with Crippen molar-refractivity contribution < 1.29 is 14.3 Å². The number of hydrogen-bond acceptors (Lipinski definition) is 3. The predicted molar refractivity (Wildman–Crippen MR) is 139 cm³/mol. The van der Waals surface area contributed by atoms with E-state index in [0.29, 0.717) is 31.8 Å². The molecule has 0 N–H and O–H groups in total. The number of ether oxygens (including phenoxy) is 1. The van der Waals surface area contributed by atoms with Gasteiger partial charge in [0.15, 0.2) is 0 Å². The Morgan fingerprint density at radius 1 is 0.943 bits per heavy atom. The highest BCUT2D eigenvalue weighted by molar-refractivity contribution is 5.97. The van der Waals surface area contributed by atoms with Gasteiger partial charge in [-0.25, -0.2) is 0 Å². The number of carbonyl (C=O) groups is 2. The van der Waals surface area contributed by atoms with E-state index in [2.05, 4.69) is 30.5 Å². The lowest BCUT2D eigenvalue weighted by Crippen LogP contribution is -2.45. The van der Waals surface area contributed by atoms with Crippen molar-refractivity contribution in [3.63, 3.8) is 0 Å². The summed E-state index contributed by atoms with van der Waals surface area (Å²) >= 11 is 0. The van der Waals surface area contributed by atoms with Gasteiger partial charge in [0.25, 0.3) is 5.91 Å². The average Bonchev–Trinajstić information content (AvgIpc) is 3.27. The molecule has 0 radical (unpaired) electrons. The molecule has 0 aliphatic heterocycles. The Kier molecular flexibility index (Phi) is 9.67. The number of amides is 2. The largest absolute Gasteiger partial charge is 0.383 e. The molecule has 0 saturated heterocycles. The van der Waals surface area contributed by atoms with E-state index in [0.717, 1.165) is 17.8 Å². The maximum absolute atomic E-state index is 13.5. The molecule has 0 saturated carbocycles. The minimum Gasteiger partial charge on any atom is -0.383 e. The minimum absolute atomic E-state index is 0.0362. The number of hydrogen-bond donors (Lipinski definition) is 0. The van der Waals surface area contributed by atoms with E-state index in [9.17, 15) is 9.59 Å². The standard InChI is InChI=1S/C29H37N3O3/c1-23(2)19-32(29(34)27-15-9-8-11-24(27)3)22-28(33)31(17-18-35-4)21-26-14-10-16-30(26)20-25-12-6-5-7-13-25/h5-16,23H,17-22H2,1-4H3. The Morgan fingerprint density at radius 3 is 2.34 bits per heavy atom. The van der Waals surface area contributed by atoms with Gasteiger partial charge in [-0.2, -0.15) is 0 Å². The minimum atomic E-state index is -0.107. The van der Waals surface area contributed by atoms with Crippen molar-refractivity contribution in [3.8, 4) is 0 Å². The first-order chi connectivity index (χ1) is 16.9. The van der Waals surface area contributed by atoms with Crippen molar-refractivity contribution in [1.82, 2.24) is 14.4 Å². The number of aryl methyl sites for hydroxylation is 1. The number of benzene rings is 2. The molecular weight excluding hydrogens is 438 g/mol. The lowest BCUT2D eigenvalue weighted by molar-refractivity contribution is -0.133. The first kappa shape index (κ1) is 26.2. The van der Waals surface area contributed by atoms with Crippen LogP contribution in [0.2, 0.25) is 0 Å². The summed E-state index contributed by atoms with van der Waals surface area (Å²) in [5.41, 5.74) is 3.79. The van der Waals surface area contributed by atoms with Crippen molar-refractivity contribution >= 4 is 11.8 Å². The molecule has 2 aromatic carbocycles. The Balaban J connectivity index is 1.78. The highest BCUT2D eigenvalue weighted by Gasteiger charge is 2.24. The monoisotopic (exact) mass is 475 g/mol. The summed E-state index contributed by atoms with van der Waals surface area (Å²) in [6.07, 6.45) is 2.04. The summed E-state index contributed by atoms with van der Waals surface area (Å²) < 4.78 is 7.45. The van der Waals surface area contributed by atoms with E-state index in [1.807, 2.05) is 67.7 Å². The second-order valence-corrected chi connectivity index (χ2v) is 9.32. The first-order valence-electron chi connectivity index (χ1n) is 12.2. The maximum atomic E-state index is 13.5. The van der Waals surface area contributed by atoms with Crippen molar-refractivity contribution in [2.45, 2.75) is 33.9 Å². The molecule has 186 valence electrons. The fraction of sp³-hybridized carbons (Fsp3) is 0.379. The number of methoxy groups -OCH3 is 1. The molecule has 2 amide bonds. The van der Waals surface area contributed by atoms with Gasteiger partial charge in [-0.1, -0.05) is 62.4 Å². The maximum Gasteiger partial charge on any atom is 0.254 e. The fourth-order valence-electron chi connectivity index (χ4n) is 4.12. The number of aromatic nitrogens is 1. The van der Waals surface area contributed by atoms with E-state index >= 15 is 0 Å². The van der Waals surface area contributed by atoms with Crippen LogP contribution in [0.3, 0.4) is 0 Å². The van der Waals surface area contributed by atoms with Gasteiger partial charge in [-0.05, 0) is 42.2 Å². The summed E-state index contributed by atoms with van der Waals surface area (Å²) in [5.74, 6) is 0.0488. The summed E-state index contributed by atoms with van der Waals surface area (Å²) in [4.78, 5) is 30.4. The second kappa shape index (κ2) is 12.9. The Labute approximate surface area is 209 Å². The molecule has 0 atom stereocenters. The zero-order valence-corrected chi connectivity index (χ0v) is 21.3. The molecule has 0 unspecified atom stereocenters. The smallest absolute Gasteiger partial charge is 0.254 e. The molecule has 3 rings (SSSR count). The molecule has 3 aromatic rings. The fourth-order valence-corrected chi connectivity index (χ4v) is 4.12. The molecule has 0 aliphatic carbocycles. The van der Waals surface area contributed by atoms with Gasteiger partial charge in [-0.15, -0.1) is 0 Å². The Hall–Kier alpha value is -3.38. The lowest BCUT2D eigenvalue weighted by Gasteiger charge is -2.29. The SMILES string of the molecule is COCCN(Cc1cccn1Cc1ccccc1)C(=O)CN(CC(C)C)C(=O)c1ccccc1C. The third-order valence-corrected chi connectivity index (χ3v) is 5.96. The molecule has 6 heteroatoms. The van der Waals surface area contributed by atoms with Crippen molar-refractivity contribution in [1.29, 1.82) is 0 Å². The van der Waals surface area contributed by atoms with Gasteiger partial charge in [0.2, 0.25) is 5.91 Å². The third kappa shape index (κ3) is 7.55. The second-order valence-electron chi connectivity index (χ2n) is 9.32. The van der Waals surface area contributed by atoms with E-state index in [1.165, 1.54) is 5.56 Å². The lowest BCUT2D eigenvalue weighted by atomic mass is 10.1. The van der Waals surface area contributed by atoms with Crippen LogP contribution in [0.4, 0.5) is 0 Å². The van der Waals surface area contributed by atoms with Gasteiger partial charge in [0.05, 0.1) is 13.2 Å². The Bertz CT molecular complexity index is 1090. The van der Waals surface area contributed by atoms with Crippen molar-refractivity contribution in [3.05, 3.63) is 95.3 Å². The molecule has 0 spiro atoms. The van der Waals surface area contributed by atoms with Crippen LogP contribution in [-0.4, -0.2) is 59.5 Å². The van der Waals surface area contributed by atoms with Crippen LogP contribution in [0.15, 0.2) is 72.9 Å². The zero-order chi connectivity index (χ0) is 25.2. The van der Waals surface area contributed by atoms with Crippen molar-refractivity contribution in [2.75, 3.05) is 33.4 Å². The number of rotatable bonds is 12. The molecule has 35 heavy (non-hydrogen) atoms. The Morgan fingerprint density at radius 2 is 1.66 bits per heavy atom. The van der Waals surface area contributed by atoms with Crippen LogP contribution in [0, 0.1) is 12.8 Å². The van der Waals surface area contributed by atoms with Crippen LogP contribution in [0.5, 0.6) is 0 Å². The number of carbonyl (C=O) groups excluding carboxylic acids is 2. The van der Waals surface area contributed by atoms with E-state index in [1.54, 1.807) is 16.9 Å². The van der Waals surface area contributed by atoms with E-state index in [-0.39, 0.29) is 24.3 Å². The summed E-state index contributed by atoms with van der Waals surface area (Å²) in [5, 5.41) is 0. The predicted octanol–water partition coefficient (Wildman–Crippen LogP) is 4.62. The topological polar surface area (TPSA) is 54.8 Å². The van der Waals surface area contributed by atoms with Gasteiger partial charge < -0.3 is 19.1 Å². The van der Waals surface area contributed by atoms with Gasteiger partial charge in [-0.3, -0.25) is 9.59 Å². The third-order valence-electron chi connectivity index (χ3n) is 5.96. The first-order valence-corrected chi connectivity index (χ1v) is 12.2.